The van der Waals surface area contributed by atoms with Gasteiger partial charge in [-0.1, -0.05) is 13.8 Å². The van der Waals surface area contributed by atoms with Crippen molar-refractivity contribution in [2.24, 2.45) is 5.92 Å². The summed E-state index contributed by atoms with van der Waals surface area (Å²) in [6.45, 7) is 5.87. The molecule has 0 radical (unpaired) electrons. The van der Waals surface area contributed by atoms with Crippen LogP contribution in [0.1, 0.15) is 31.3 Å². The van der Waals surface area contributed by atoms with Crippen molar-refractivity contribution in [3.05, 3.63) is 18.0 Å². The first-order valence-corrected chi connectivity index (χ1v) is 4.65. The molecule has 3 N–H and O–H groups in total. The van der Waals surface area contributed by atoms with Gasteiger partial charge in [-0.3, -0.25) is 0 Å². The van der Waals surface area contributed by atoms with Crippen LogP contribution < -0.4 is 5.73 Å². The van der Waals surface area contributed by atoms with Crippen LogP contribution in [0.2, 0.25) is 0 Å². The molecule has 1 heterocycles. The van der Waals surface area contributed by atoms with E-state index in [-0.39, 0.29) is 12.1 Å². The van der Waals surface area contributed by atoms with Crippen molar-refractivity contribution in [2.75, 3.05) is 5.73 Å². The number of ether oxygens (including phenoxy) is 1. The van der Waals surface area contributed by atoms with Crippen LogP contribution in [0.4, 0.5) is 5.69 Å². The van der Waals surface area contributed by atoms with Crippen LogP contribution in [0.25, 0.3) is 0 Å². The summed E-state index contributed by atoms with van der Waals surface area (Å²) in [5.74, 6) is -0.0471. The maximum absolute atomic E-state index is 11.5. The number of nitrogens with two attached hydrogens (primary N) is 1. The average Bonchev–Trinajstić information content (AvgIpc) is 2.51. The Hall–Kier alpha value is -1.45. The fourth-order valence-corrected chi connectivity index (χ4v) is 0.897. The Bertz CT molecular complexity index is 318. The first-order chi connectivity index (χ1) is 6.50. The Kier molecular flexibility index (Phi) is 3.17. The smallest absolute Gasteiger partial charge is 0.355 e. The van der Waals surface area contributed by atoms with Gasteiger partial charge in [-0.25, -0.2) is 4.79 Å². The molecule has 1 aromatic heterocycles. The van der Waals surface area contributed by atoms with Crippen LogP contribution in [-0.4, -0.2) is 17.1 Å². The van der Waals surface area contributed by atoms with E-state index in [2.05, 4.69) is 4.98 Å². The SMILES string of the molecule is CC(C)C(C)OC(=O)c1cc(N)c[nH]1. The molecule has 0 amide bonds. The maximum atomic E-state index is 11.5. The monoisotopic (exact) mass is 196 g/mol. The number of nitrogens with one attached hydrogen (secondary N) is 1. The minimum atomic E-state index is -0.358. The number of aromatic amines is 1. The standard InChI is InChI=1S/C10H16N2O2/c1-6(2)7(3)14-10(13)9-4-8(11)5-12-9/h4-7,12H,11H2,1-3H3. The maximum Gasteiger partial charge on any atom is 0.355 e. The third-order valence-electron chi connectivity index (χ3n) is 2.16. The number of hydrogen-bond acceptors (Lipinski definition) is 3. The van der Waals surface area contributed by atoms with Crippen LogP contribution in [0.15, 0.2) is 12.3 Å². The van der Waals surface area contributed by atoms with Gasteiger partial charge in [-0.15, -0.1) is 0 Å². The van der Waals surface area contributed by atoms with E-state index in [1.807, 2.05) is 20.8 Å². The molecule has 0 spiro atoms. The molecule has 14 heavy (non-hydrogen) atoms. The van der Waals surface area contributed by atoms with E-state index in [4.69, 9.17) is 10.5 Å². The molecule has 0 saturated carbocycles. The average molecular weight is 196 g/mol. The van der Waals surface area contributed by atoms with Crippen molar-refractivity contribution >= 4 is 11.7 Å². The van der Waals surface area contributed by atoms with Crippen LogP contribution in [0.3, 0.4) is 0 Å². The molecule has 0 aliphatic rings. The third kappa shape index (κ3) is 2.52. The lowest BCUT2D eigenvalue weighted by atomic mass is 10.1. The van der Waals surface area contributed by atoms with E-state index >= 15 is 0 Å². The molecule has 4 heteroatoms. The van der Waals surface area contributed by atoms with Crippen LogP contribution >= 0.6 is 0 Å². The summed E-state index contributed by atoms with van der Waals surface area (Å²) in [6.07, 6.45) is 1.48. The molecule has 1 unspecified atom stereocenters. The van der Waals surface area contributed by atoms with Crippen molar-refractivity contribution in [3.8, 4) is 0 Å². The van der Waals surface area contributed by atoms with Crippen molar-refractivity contribution in [1.29, 1.82) is 0 Å². The zero-order chi connectivity index (χ0) is 10.7. The minimum absolute atomic E-state index is 0.0907. The zero-order valence-corrected chi connectivity index (χ0v) is 8.70. The van der Waals surface area contributed by atoms with E-state index < -0.39 is 0 Å². The molecule has 1 rings (SSSR count). The van der Waals surface area contributed by atoms with Gasteiger partial charge in [0.15, 0.2) is 0 Å². The van der Waals surface area contributed by atoms with Crippen molar-refractivity contribution < 1.29 is 9.53 Å². The zero-order valence-electron chi connectivity index (χ0n) is 8.70. The van der Waals surface area contributed by atoms with E-state index in [0.717, 1.165) is 0 Å². The van der Waals surface area contributed by atoms with E-state index in [1.54, 1.807) is 12.3 Å². The van der Waals surface area contributed by atoms with Crippen molar-refractivity contribution in [3.63, 3.8) is 0 Å². The van der Waals surface area contributed by atoms with Crippen molar-refractivity contribution in [1.82, 2.24) is 4.98 Å². The summed E-state index contributed by atoms with van der Waals surface area (Å²) in [4.78, 5) is 14.2. The van der Waals surface area contributed by atoms with Gasteiger partial charge in [-0.05, 0) is 18.9 Å². The lowest BCUT2D eigenvalue weighted by Gasteiger charge is -2.15. The van der Waals surface area contributed by atoms with Gasteiger partial charge in [0, 0.05) is 6.20 Å². The Balaban J connectivity index is 2.59. The lowest BCUT2D eigenvalue weighted by molar-refractivity contribution is 0.0232. The molecule has 0 aliphatic carbocycles. The number of esters is 1. The predicted octanol–water partition coefficient (Wildman–Crippen LogP) is 1.80. The molecule has 0 aromatic carbocycles. The minimum Gasteiger partial charge on any atom is -0.458 e. The van der Waals surface area contributed by atoms with Gasteiger partial charge in [0.2, 0.25) is 0 Å². The summed E-state index contributed by atoms with van der Waals surface area (Å²) in [5.41, 5.74) is 6.40. The van der Waals surface area contributed by atoms with E-state index in [9.17, 15) is 4.79 Å². The molecule has 4 nitrogen and oxygen atoms in total. The molecule has 0 aliphatic heterocycles. The number of carbonyl (C=O) groups excluding carboxylic acids is 1. The number of carbonyl (C=O) groups is 1. The first-order valence-electron chi connectivity index (χ1n) is 4.65. The number of hydrogen-bond donors (Lipinski definition) is 2. The summed E-state index contributed by atoms with van der Waals surface area (Å²) < 4.78 is 5.19. The number of anilines is 1. The van der Waals surface area contributed by atoms with Crippen LogP contribution in [0.5, 0.6) is 0 Å². The van der Waals surface area contributed by atoms with Crippen LogP contribution in [0, 0.1) is 5.92 Å². The molecular formula is C10H16N2O2. The fourth-order valence-electron chi connectivity index (χ4n) is 0.897. The Morgan fingerprint density at radius 3 is 2.57 bits per heavy atom. The molecule has 0 bridgehead atoms. The summed E-state index contributed by atoms with van der Waals surface area (Å²) in [6, 6.07) is 1.56. The van der Waals surface area contributed by atoms with E-state index in [0.29, 0.717) is 17.3 Å². The predicted molar refractivity (Wildman–Crippen MR) is 54.9 cm³/mol. The molecule has 78 valence electrons. The highest BCUT2D eigenvalue weighted by Gasteiger charge is 2.15. The normalized spacial score (nSPS) is 12.9. The lowest BCUT2D eigenvalue weighted by Crippen LogP contribution is -2.20. The highest BCUT2D eigenvalue weighted by Crippen LogP contribution is 2.11. The van der Waals surface area contributed by atoms with Gasteiger partial charge in [0.25, 0.3) is 0 Å². The number of H-pyrrole nitrogens is 1. The van der Waals surface area contributed by atoms with Gasteiger partial charge >= 0.3 is 5.97 Å². The Labute approximate surface area is 83.4 Å². The highest BCUT2D eigenvalue weighted by molar-refractivity contribution is 5.88. The van der Waals surface area contributed by atoms with Crippen LogP contribution in [-0.2, 0) is 4.74 Å². The molecule has 0 fully saturated rings. The summed E-state index contributed by atoms with van der Waals surface area (Å²) >= 11 is 0. The van der Waals surface area contributed by atoms with Gasteiger partial charge < -0.3 is 15.5 Å². The second-order valence-corrected chi connectivity index (χ2v) is 3.70. The van der Waals surface area contributed by atoms with Gasteiger partial charge in [0.05, 0.1) is 5.69 Å². The quantitative estimate of drug-likeness (QED) is 0.724. The molecule has 1 atom stereocenters. The van der Waals surface area contributed by atoms with Gasteiger partial charge in [0.1, 0.15) is 11.8 Å². The number of aromatic nitrogens is 1. The van der Waals surface area contributed by atoms with E-state index in [1.165, 1.54) is 0 Å². The second kappa shape index (κ2) is 4.17. The summed E-state index contributed by atoms with van der Waals surface area (Å²) in [5, 5.41) is 0. The summed E-state index contributed by atoms with van der Waals surface area (Å²) in [7, 11) is 0. The van der Waals surface area contributed by atoms with Crippen molar-refractivity contribution in [2.45, 2.75) is 26.9 Å². The largest absolute Gasteiger partial charge is 0.458 e. The van der Waals surface area contributed by atoms with Gasteiger partial charge in [-0.2, -0.15) is 0 Å². The number of nitrogen functional groups attached to an aromatic ring is 1. The molecular weight excluding hydrogens is 180 g/mol. The third-order valence-corrected chi connectivity index (χ3v) is 2.16. The Morgan fingerprint density at radius 1 is 1.50 bits per heavy atom. The topological polar surface area (TPSA) is 68.1 Å². The highest BCUT2D eigenvalue weighted by atomic mass is 16.5. The molecule has 0 saturated heterocycles. The molecule has 1 aromatic rings. The number of rotatable bonds is 3. The second-order valence-electron chi connectivity index (χ2n) is 3.70. The fraction of sp³-hybridized carbons (Fsp3) is 0.500. The Morgan fingerprint density at radius 2 is 2.14 bits per heavy atom. The first kappa shape index (κ1) is 10.6.